The smallest absolute Gasteiger partial charge is 0.194 e. The Morgan fingerprint density at radius 2 is 1.97 bits per heavy atom. The minimum atomic E-state index is 0.0651. The normalized spacial score (nSPS) is 17.1. The number of ether oxygens (including phenoxy) is 1. The highest BCUT2D eigenvalue weighted by atomic mass is 16.5. The lowest BCUT2D eigenvalue weighted by Gasteiger charge is -2.36. The molecule has 1 fully saturated rings. The van der Waals surface area contributed by atoms with E-state index in [9.17, 15) is 0 Å². The lowest BCUT2D eigenvalue weighted by molar-refractivity contribution is -0.00834. The Kier molecular flexibility index (Phi) is 6.67. The molecule has 0 saturated carbocycles. The zero-order valence-corrected chi connectivity index (χ0v) is 18.6. The monoisotopic (exact) mass is 417 g/mol. The van der Waals surface area contributed by atoms with Crippen LogP contribution in [0.2, 0.25) is 0 Å². The van der Waals surface area contributed by atoms with Crippen molar-refractivity contribution in [3.63, 3.8) is 0 Å². The van der Waals surface area contributed by atoms with Gasteiger partial charge < -0.3 is 19.5 Å². The maximum Gasteiger partial charge on any atom is 0.194 e. The second-order valence-corrected chi connectivity index (χ2v) is 8.12. The van der Waals surface area contributed by atoms with Crippen LogP contribution in [0.1, 0.15) is 33.9 Å². The van der Waals surface area contributed by atoms with Crippen LogP contribution < -0.4 is 5.32 Å². The molecule has 6 heteroatoms. The number of guanidine groups is 1. The van der Waals surface area contributed by atoms with E-state index >= 15 is 0 Å². The van der Waals surface area contributed by atoms with Gasteiger partial charge >= 0.3 is 0 Å². The molecule has 0 aliphatic carbocycles. The molecule has 3 aromatic rings. The Morgan fingerprint density at radius 3 is 2.68 bits per heavy atom. The Balaban J connectivity index is 1.35. The van der Waals surface area contributed by atoms with Crippen molar-refractivity contribution < 1.29 is 4.74 Å². The van der Waals surface area contributed by atoms with Gasteiger partial charge in [0.2, 0.25) is 0 Å². The van der Waals surface area contributed by atoms with Crippen LogP contribution in [0, 0.1) is 13.8 Å². The third-order valence-corrected chi connectivity index (χ3v) is 5.75. The van der Waals surface area contributed by atoms with Gasteiger partial charge in [0.05, 0.1) is 19.5 Å². The molecule has 4 rings (SSSR count). The summed E-state index contributed by atoms with van der Waals surface area (Å²) in [5, 5.41) is 3.52. The van der Waals surface area contributed by atoms with Crippen molar-refractivity contribution in [1.82, 2.24) is 19.8 Å². The van der Waals surface area contributed by atoms with E-state index in [1.807, 2.05) is 19.6 Å². The number of imidazole rings is 1. The molecule has 1 saturated heterocycles. The van der Waals surface area contributed by atoms with E-state index in [0.717, 1.165) is 32.1 Å². The van der Waals surface area contributed by atoms with E-state index in [0.29, 0.717) is 6.61 Å². The number of nitrogens with one attached hydrogen (secondary N) is 1. The Bertz CT molecular complexity index is 1010. The van der Waals surface area contributed by atoms with Gasteiger partial charge in [-0.05, 0) is 36.1 Å². The average Bonchev–Trinajstić information content (AvgIpc) is 3.29. The second-order valence-electron chi connectivity index (χ2n) is 8.12. The molecular weight excluding hydrogens is 386 g/mol. The summed E-state index contributed by atoms with van der Waals surface area (Å²) >= 11 is 0. The molecule has 0 radical (unpaired) electrons. The zero-order chi connectivity index (χ0) is 21.6. The molecule has 0 bridgehead atoms. The number of nitrogens with zero attached hydrogens (tertiary/aromatic N) is 4. The molecule has 0 amide bonds. The van der Waals surface area contributed by atoms with Crippen LogP contribution in [0.3, 0.4) is 0 Å². The molecule has 1 aliphatic heterocycles. The van der Waals surface area contributed by atoms with Crippen molar-refractivity contribution in [3.8, 4) is 0 Å². The Hall–Kier alpha value is -3.12. The van der Waals surface area contributed by atoms with Gasteiger partial charge in [-0.15, -0.1) is 0 Å². The summed E-state index contributed by atoms with van der Waals surface area (Å²) < 4.78 is 8.17. The summed E-state index contributed by atoms with van der Waals surface area (Å²) in [6, 6.07) is 15.3. The van der Waals surface area contributed by atoms with Gasteiger partial charge in [0, 0.05) is 39.1 Å². The fourth-order valence-corrected chi connectivity index (χ4v) is 4.08. The van der Waals surface area contributed by atoms with Crippen molar-refractivity contribution in [2.45, 2.75) is 33.0 Å². The second kappa shape index (κ2) is 9.79. The van der Waals surface area contributed by atoms with Crippen LogP contribution in [-0.4, -0.2) is 47.2 Å². The van der Waals surface area contributed by atoms with Crippen LogP contribution in [0.4, 0.5) is 0 Å². The summed E-state index contributed by atoms with van der Waals surface area (Å²) in [7, 11) is 1.85. The lowest BCUT2D eigenvalue weighted by Crippen LogP contribution is -2.48. The number of aliphatic imine (C=N–C) groups is 1. The molecule has 31 heavy (non-hydrogen) atoms. The topological polar surface area (TPSA) is 54.7 Å². The van der Waals surface area contributed by atoms with Crippen LogP contribution >= 0.6 is 0 Å². The van der Waals surface area contributed by atoms with Crippen molar-refractivity contribution in [3.05, 3.63) is 89.0 Å². The van der Waals surface area contributed by atoms with Gasteiger partial charge in [-0.3, -0.25) is 4.99 Å². The fourth-order valence-electron chi connectivity index (χ4n) is 4.08. The number of aryl methyl sites for hydroxylation is 2. The Morgan fingerprint density at radius 1 is 1.16 bits per heavy atom. The predicted molar refractivity (Wildman–Crippen MR) is 124 cm³/mol. The predicted octanol–water partition coefficient (Wildman–Crippen LogP) is 3.70. The van der Waals surface area contributed by atoms with Crippen molar-refractivity contribution >= 4 is 5.96 Å². The summed E-state index contributed by atoms with van der Waals surface area (Å²) in [4.78, 5) is 10.9. The number of morpholine rings is 1. The van der Waals surface area contributed by atoms with E-state index in [-0.39, 0.29) is 6.10 Å². The Labute approximate surface area is 184 Å². The molecule has 1 aliphatic rings. The molecule has 1 atom stereocenters. The highest BCUT2D eigenvalue weighted by Gasteiger charge is 2.25. The van der Waals surface area contributed by atoms with E-state index in [1.165, 1.54) is 27.8 Å². The number of aromatic nitrogens is 2. The molecule has 2 heterocycles. The van der Waals surface area contributed by atoms with Crippen molar-refractivity contribution in [1.29, 1.82) is 0 Å². The largest absolute Gasteiger partial charge is 0.370 e. The molecule has 6 nitrogen and oxygen atoms in total. The van der Waals surface area contributed by atoms with Crippen LogP contribution in [0.5, 0.6) is 0 Å². The van der Waals surface area contributed by atoms with Gasteiger partial charge in [-0.2, -0.15) is 0 Å². The molecule has 1 N–H and O–H groups in total. The van der Waals surface area contributed by atoms with Crippen LogP contribution in [0.25, 0.3) is 0 Å². The lowest BCUT2D eigenvalue weighted by atomic mass is 10.00. The average molecular weight is 418 g/mol. The number of hydrogen-bond donors (Lipinski definition) is 1. The quantitative estimate of drug-likeness (QED) is 0.508. The molecule has 1 aromatic heterocycles. The first-order valence-corrected chi connectivity index (χ1v) is 10.8. The minimum absolute atomic E-state index is 0.0651. The zero-order valence-electron chi connectivity index (χ0n) is 18.6. The van der Waals surface area contributed by atoms with Gasteiger partial charge in [0.1, 0.15) is 6.10 Å². The van der Waals surface area contributed by atoms with Crippen LogP contribution in [0.15, 0.2) is 66.2 Å². The third kappa shape index (κ3) is 5.33. The van der Waals surface area contributed by atoms with Crippen molar-refractivity contribution in [2.75, 3.05) is 26.7 Å². The van der Waals surface area contributed by atoms with E-state index in [4.69, 9.17) is 4.74 Å². The number of rotatable bonds is 5. The van der Waals surface area contributed by atoms with Gasteiger partial charge in [0.15, 0.2) is 5.96 Å². The number of hydrogen-bond acceptors (Lipinski definition) is 3. The fraction of sp³-hybridized carbons (Fsp3) is 0.360. The highest BCUT2D eigenvalue weighted by molar-refractivity contribution is 5.80. The summed E-state index contributed by atoms with van der Waals surface area (Å²) in [5.41, 5.74) is 6.32. The molecule has 162 valence electrons. The summed E-state index contributed by atoms with van der Waals surface area (Å²) in [6.07, 6.45) is 5.69. The molecule has 1 unspecified atom stereocenters. The van der Waals surface area contributed by atoms with Crippen LogP contribution in [-0.2, 0) is 17.8 Å². The van der Waals surface area contributed by atoms with Crippen molar-refractivity contribution in [2.24, 2.45) is 4.99 Å². The standard InChI is InChI=1S/C25H31N5O/c1-19-4-9-23(20(2)14-19)24-17-30(12-13-31-24)25(26-3)28-15-21-5-7-22(8-6-21)16-29-11-10-27-18-29/h4-11,14,18,24H,12-13,15-17H2,1-3H3,(H,26,28). The van der Waals surface area contributed by atoms with Gasteiger partial charge in [0.25, 0.3) is 0 Å². The molecule has 0 spiro atoms. The first-order chi connectivity index (χ1) is 15.1. The number of benzene rings is 2. The minimum Gasteiger partial charge on any atom is -0.370 e. The highest BCUT2D eigenvalue weighted by Crippen LogP contribution is 2.26. The first-order valence-electron chi connectivity index (χ1n) is 10.8. The molecule has 2 aromatic carbocycles. The molecular formula is C25H31N5O. The first kappa shape index (κ1) is 21.1. The maximum absolute atomic E-state index is 6.10. The van der Waals surface area contributed by atoms with E-state index in [2.05, 4.69) is 81.1 Å². The van der Waals surface area contributed by atoms with E-state index < -0.39 is 0 Å². The van der Waals surface area contributed by atoms with E-state index in [1.54, 1.807) is 6.20 Å². The summed E-state index contributed by atoms with van der Waals surface area (Å²) in [5.74, 6) is 0.917. The SMILES string of the molecule is CN=C(NCc1ccc(Cn2ccnc2)cc1)N1CCOC(c2ccc(C)cc2C)C1. The van der Waals surface area contributed by atoms with Gasteiger partial charge in [-0.1, -0.05) is 48.0 Å². The maximum atomic E-state index is 6.10. The summed E-state index contributed by atoms with van der Waals surface area (Å²) in [6.45, 7) is 8.20. The third-order valence-electron chi connectivity index (χ3n) is 5.75. The van der Waals surface area contributed by atoms with Gasteiger partial charge in [-0.25, -0.2) is 4.98 Å².